The minimum absolute atomic E-state index is 0.153. The van der Waals surface area contributed by atoms with E-state index in [1.807, 2.05) is 6.92 Å². The van der Waals surface area contributed by atoms with Gasteiger partial charge in [-0.3, -0.25) is 0 Å². The van der Waals surface area contributed by atoms with E-state index in [2.05, 4.69) is 10.1 Å². The number of aliphatic hydroxyl groups excluding tert-OH is 1. The van der Waals surface area contributed by atoms with E-state index in [1.54, 1.807) is 18.2 Å². The third kappa shape index (κ3) is 5.81. The van der Waals surface area contributed by atoms with Crippen LogP contribution < -0.4 is 10.1 Å². The molecule has 4 nitrogen and oxygen atoms in total. The van der Waals surface area contributed by atoms with E-state index in [4.69, 9.17) is 4.74 Å². The van der Waals surface area contributed by atoms with E-state index in [1.165, 1.54) is 13.2 Å². The smallest absolute Gasteiger partial charge is 0.387 e. The molecule has 2 unspecified atom stereocenters. The first-order chi connectivity index (χ1) is 9.54. The van der Waals surface area contributed by atoms with Crippen molar-refractivity contribution < 1.29 is 23.4 Å². The maximum atomic E-state index is 12.3. The maximum absolute atomic E-state index is 12.3. The molecule has 6 heteroatoms. The fraction of sp³-hybridized carbons (Fsp3) is 0.571. The van der Waals surface area contributed by atoms with E-state index >= 15 is 0 Å². The molecule has 0 saturated heterocycles. The second kappa shape index (κ2) is 8.84. The van der Waals surface area contributed by atoms with Crippen LogP contribution >= 0.6 is 0 Å². The average molecular weight is 289 g/mol. The Labute approximate surface area is 117 Å². The number of ether oxygens (including phenoxy) is 2. The molecule has 0 saturated carbocycles. The molecular formula is C14H21F2NO3. The van der Waals surface area contributed by atoms with Crippen LogP contribution in [0.2, 0.25) is 0 Å². The van der Waals surface area contributed by atoms with Gasteiger partial charge in [-0.25, -0.2) is 0 Å². The summed E-state index contributed by atoms with van der Waals surface area (Å²) < 4.78 is 34.0. The van der Waals surface area contributed by atoms with Gasteiger partial charge in [0.1, 0.15) is 5.75 Å². The molecular weight excluding hydrogens is 268 g/mol. The highest BCUT2D eigenvalue weighted by molar-refractivity contribution is 5.35. The molecule has 0 aliphatic heterocycles. The Morgan fingerprint density at radius 1 is 1.30 bits per heavy atom. The third-order valence-electron chi connectivity index (χ3n) is 2.89. The van der Waals surface area contributed by atoms with Crippen LogP contribution in [-0.4, -0.2) is 38.1 Å². The number of aliphatic hydroxyl groups is 1. The zero-order valence-electron chi connectivity index (χ0n) is 11.7. The van der Waals surface area contributed by atoms with Gasteiger partial charge < -0.3 is 19.9 Å². The molecule has 1 aromatic carbocycles. The summed E-state index contributed by atoms with van der Waals surface area (Å²) in [5.41, 5.74) is 0.661. The van der Waals surface area contributed by atoms with Gasteiger partial charge >= 0.3 is 6.61 Å². The molecule has 0 bridgehead atoms. The summed E-state index contributed by atoms with van der Waals surface area (Å²) in [6.07, 6.45) is -0.0111. The lowest BCUT2D eigenvalue weighted by Crippen LogP contribution is -2.26. The molecule has 1 rings (SSSR count). The Morgan fingerprint density at radius 3 is 2.65 bits per heavy atom. The van der Waals surface area contributed by atoms with Crippen LogP contribution in [-0.2, 0) is 4.74 Å². The summed E-state index contributed by atoms with van der Waals surface area (Å²) in [6, 6.07) is 6.52. The Bertz CT molecular complexity index is 390. The summed E-state index contributed by atoms with van der Waals surface area (Å²) in [5, 5.41) is 12.7. The number of benzene rings is 1. The molecule has 2 N–H and O–H groups in total. The highest BCUT2D eigenvalue weighted by Crippen LogP contribution is 2.26. The number of halogens is 2. The first kappa shape index (κ1) is 16.8. The van der Waals surface area contributed by atoms with Gasteiger partial charge in [-0.05, 0) is 26.0 Å². The highest BCUT2D eigenvalue weighted by Gasteiger charge is 2.14. The topological polar surface area (TPSA) is 50.7 Å². The molecule has 0 heterocycles. The number of hydrogen-bond donors (Lipinski definition) is 2. The van der Waals surface area contributed by atoms with Crippen LogP contribution in [0.3, 0.4) is 0 Å². The van der Waals surface area contributed by atoms with Gasteiger partial charge in [0, 0.05) is 18.7 Å². The number of methoxy groups -OCH3 is 1. The van der Waals surface area contributed by atoms with Crippen molar-refractivity contribution in [1.29, 1.82) is 0 Å². The van der Waals surface area contributed by atoms with E-state index < -0.39 is 12.7 Å². The Hall–Kier alpha value is -1.24. The van der Waals surface area contributed by atoms with Crippen LogP contribution in [0.1, 0.15) is 24.9 Å². The van der Waals surface area contributed by atoms with E-state index in [9.17, 15) is 13.9 Å². The van der Waals surface area contributed by atoms with Crippen molar-refractivity contribution in [3.05, 3.63) is 29.8 Å². The molecule has 0 spiro atoms. The van der Waals surface area contributed by atoms with Gasteiger partial charge in [0.2, 0.25) is 0 Å². The first-order valence-electron chi connectivity index (χ1n) is 6.48. The van der Waals surface area contributed by atoms with E-state index in [0.29, 0.717) is 18.5 Å². The molecule has 0 amide bonds. The summed E-state index contributed by atoms with van der Waals surface area (Å²) in [4.78, 5) is 0. The zero-order valence-corrected chi connectivity index (χ0v) is 11.7. The Kier molecular flexibility index (Phi) is 7.43. The second-order valence-corrected chi connectivity index (χ2v) is 4.49. The summed E-state index contributed by atoms with van der Waals surface area (Å²) >= 11 is 0. The number of hydrogen-bond acceptors (Lipinski definition) is 4. The standard InChI is InChI=1S/C14H21F2NO3/c1-10(17-8-7-11(18)9-19-2)12-5-3-4-6-13(12)20-14(15)16/h3-6,10-11,14,17-18H,7-9H2,1-2H3. The van der Waals surface area contributed by atoms with Gasteiger partial charge in [-0.1, -0.05) is 18.2 Å². The molecule has 114 valence electrons. The summed E-state index contributed by atoms with van der Waals surface area (Å²) in [7, 11) is 1.52. The molecule has 20 heavy (non-hydrogen) atoms. The zero-order chi connectivity index (χ0) is 15.0. The number of para-hydroxylation sites is 1. The lowest BCUT2D eigenvalue weighted by molar-refractivity contribution is -0.0506. The molecule has 0 radical (unpaired) electrons. The summed E-state index contributed by atoms with van der Waals surface area (Å²) in [6.45, 7) is -0.154. The number of alkyl halides is 2. The van der Waals surface area contributed by atoms with Gasteiger partial charge in [0.25, 0.3) is 0 Å². The van der Waals surface area contributed by atoms with Crippen LogP contribution in [0.5, 0.6) is 5.75 Å². The first-order valence-corrected chi connectivity index (χ1v) is 6.48. The molecule has 0 aromatic heterocycles. The van der Waals surface area contributed by atoms with Crippen molar-refractivity contribution >= 4 is 0 Å². The van der Waals surface area contributed by atoms with Crippen LogP contribution in [0.25, 0.3) is 0 Å². The highest BCUT2D eigenvalue weighted by atomic mass is 19.3. The average Bonchev–Trinajstić information content (AvgIpc) is 2.38. The third-order valence-corrected chi connectivity index (χ3v) is 2.89. The lowest BCUT2D eigenvalue weighted by Gasteiger charge is -2.19. The van der Waals surface area contributed by atoms with Gasteiger partial charge in [-0.15, -0.1) is 0 Å². The van der Waals surface area contributed by atoms with Gasteiger partial charge in [0.05, 0.1) is 12.7 Å². The number of nitrogens with one attached hydrogen (secondary N) is 1. The van der Waals surface area contributed by atoms with E-state index in [-0.39, 0.29) is 18.4 Å². The predicted molar refractivity (Wildman–Crippen MR) is 72.0 cm³/mol. The fourth-order valence-corrected chi connectivity index (χ4v) is 1.89. The number of rotatable bonds is 9. The van der Waals surface area contributed by atoms with Crippen LogP contribution in [0, 0.1) is 0 Å². The Morgan fingerprint density at radius 2 is 2.00 bits per heavy atom. The predicted octanol–water partition coefficient (Wildman–Crippen LogP) is 2.34. The van der Waals surface area contributed by atoms with Crippen molar-refractivity contribution in [2.24, 2.45) is 0 Å². The maximum Gasteiger partial charge on any atom is 0.387 e. The lowest BCUT2D eigenvalue weighted by atomic mass is 10.1. The molecule has 0 aliphatic carbocycles. The van der Waals surface area contributed by atoms with Crippen molar-refractivity contribution in [2.75, 3.05) is 20.3 Å². The van der Waals surface area contributed by atoms with Crippen molar-refractivity contribution in [2.45, 2.75) is 32.1 Å². The summed E-state index contributed by atoms with van der Waals surface area (Å²) in [5.74, 6) is 0.167. The van der Waals surface area contributed by atoms with Crippen LogP contribution in [0.15, 0.2) is 24.3 Å². The quantitative estimate of drug-likeness (QED) is 0.732. The molecule has 1 aromatic rings. The minimum atomic E-state index is -2.84. The van der Waals surface area contributed by atoms with Gasteiger partial charge in [-0.2, -0.15) is 8.78 Å². The van der Waals surface area contributed by atoms with E-state index in [0.717, 1.165) is 0 Å². The van der Waals surface area contributed by atoms with Gasteiger partial charge in [0.15, 0.2) is 0 Å². The largest absolute Gasteiger partial charge is 0.434 e. The minimum Gasteiger partial charge on any atom is -0.434 e. The monoisotopic (exact) mass is 289 g/mol. The normalized spacial score (nSPS) is 14.3. The SMILES string of the molecule is COCC(O)CCNC(C)c1ccccc1OC(F)F. The molecule has 2 atom stereocenters. The van der Waals surface area contributed by atoms with Crippen molar-refractivity contribution in [1.82, 2.24) is 5.32 Å². The second-order valence-electron chi connectivity index (χ2n) is 4.49. The molecule has 0 fully saturated rings. The van der Waals surface area contributed by atoms with Crippen molar-refractivity contribution in [3.63, 3.8) is 0 Å². The molecule has 0 aliphatic rings. The fourth-order valence-electron chi connectivity index (χ4n) is 1.89. The Balaban J connectivity index is 2.52. The van der Waals surface area contributed by atoms with Crippen LogP contribution in [0.4, 0.5) is 8.78 Å². The van der Waals surface area contributed by atoms with Crippen molar-refractivity contribution in [3.8, 4) is 5.75 Å².